The second-order valence-electron chi connectivity index (χ2n) is 5.09. The molecule has 2 aromatic rings. The summed E-state index contributed by atoms with van der Waals surface area (Å²) >= 11 is 1.13. The molecule has 0 spiro atoms. The highest BCUT2D eigenvalue weighted by Crippen LogP contribution is 2.26. The maximum absolute atomic E-state index is 11.0. The van der Waals surface area contributed by atoms with Gasteiger partial charge in [0.15, 0.2) is 5.13 Å². The zero-order chi connectivity index (χ0) is 15.4. The first-order valence-corrected chi connectivity index (χ1v) is 7.48. The minimum Gasteiger partial charge on any atom is -0.493 e. The third kappa shape index (κ3) is 4.19. The lowest BCUT2D eigenvalue weighted by Gasteiger charge is -2.09. The summed E-state index contributed by atoms with van der Waals surface area (Å²) in [7, 11) is 0. The van der Waals surface area contributed by atoms with Gasteiger partial charge in [-0.05, 0) is 37.1 Å². The van der Waals surface area contributed by atoms with Gasteiger partial charge < -0.3 is 15.2 Å². The van der Waals surface area contributed by atoms with Crippen molar-refractivity contribution in [3.8, 4) is 5.75 Å². The molecule has 0 aliphatic rings. The van der Waals surface area contributed by atoms with E-state index >= 15 is 0 Å². The molecular formula is C15H18N2O3S. The fourth-order valence-corrected chi connectivity index (χ4v) is 2.49. The van der Waals surface area contributed by atoms with Gasteiger partial charge in [0.05, 0.1) is 12.3 Å². The molecule has 0 atom stereocenters. The number of ether oxygens (including phenoxy) is 1. The van der Waals surface area contributed by atoms with Gasteiger partial charge in [-0.3, -0.25) is 0 Å². The van der Waals surface area contributed by atoms with Gasteiger partial charge >= 0.3 is 5.97 Å². The third-order valence-corrected chi connectivity index (χ3v) is 3.74. The number of nitrogens with one attached hydrogen (secondary N) is 1. The lowest BCUT2D eigenvalue weighted by Crippen LogP contribution is -2.04. The second-order valence-corrected chi connectivity index (χ2v) is 6.09. The topological polar surface area (TPSA) is 71.5 Å². The first-order chi connectivity index (χ1) is 9.95. The molecule has 0 bridgehead atoms. The number of hydrogen-bond donors (Lipinski definition) is 2. The first kappa shape index (κ1) is 15.3. The van der Waals surface area contributed by atoms with Gasteiger partial charge in [-0.15, -0.1) is 0 Å². The molecule has 0 unspecified atom stereocenters. The van der Waals surface area contributed by atoms with E-state index in [2.05, 4.69) is 24.1 Å². The van der Waals surface area contributed by atoms with Gasteiger partial charge in [0, 0.05) is 5.69 Å². The Hall–Kier alpha value is -2.08. The van der Waals surface area contributed by atoms with E-state index in [9.17, 15) is 4.79 Å². The number of aromatic carboxylic acids is 1. The molecule has 0 saturated carbocycles. The molecule has 1 aromatic carbocycles. The number of carboxylic acid groups (broad SMARTS) is 1. The van der Waals surface area contributed by atoms with Crippen LogP contribution in [0, 0.1) is 12.8 Å². The summed E-state index contributed by atoms with van der Waals surface area (Å²) in [5.41, 5.74) is 1.37. The van der Waals surface area contributed by atoms with Crippen molar-refractivity contribution in [3.05, 3.63) is 34.8 Å². The van der Waals surface area contributed by atoms with Crippen LogP contribution >= 0.6 is 11.3 Å². The van der Waals surface area contributed by atoms with E-state index in [-0.39, 0.29) is 4.88 Å². The average Bonchev–Trinajstić information content (AvgIpc) is 2.79. The molecule has 21 heavy (non-hydrogen) atoms. The zero-order valence-corrected chi connectivity index (χ0v) is 13.0. The molecule has 1 heterocycles. The number of benzene rings is 1. The number of nitrogens with zero attached hydrogens (tertiary/aromatic N) is 1. The third-order valence-electron chi connectivity index (χ3n) is 2.68. The van der Waals surface area contributed by atoms with Crippen LogP contribution in [0.25, 0.3) is 0 Å². The molecule has 0 amide bonds. The van der Waals surface area contributed by atoms with Gasteiger partial charge in [0.1, 0.15) is 10.6 Å². The van der Waals surface area contributed by atoms with E-state index in [4.69, 9.17) is 9.84 Å². The van der Waals surface area contributed by atoms with E-state index in [0.717, 1.165) is 22.8 Å². The highest BCUT2D eigenvalue weighted by Gasteiger charge is 2.13. The molecule has 0 aliphatic carbocycles. The number of aromatic nitrogens is 1. The van der Waals surface area contributed by atoms with Crippen LogP contribution in [0.5, 0.6) is 5.75 Å². The molecule has 0 fully saturated rings. The molecule has 6 heteroatoms. The van der Waals surface area contributed by atoms with E-state index in [1.807, 2.05) is 24.3 Å². The SMILES string of the molecule is Cc1nc(Nc2ccc(OCC(C)C)cc2)sc1C(=O)O. The highest BCUT2D eigenvalue weighted by molar-refractivity contribution is 7.17. The van der Waals surface area contributed by atoms with Gasteiger partial charge in [0.25, 0.3) is 0 Å². The van der Waals surface area contributed by atoms with Crippen LogP contribution < -0.4 is 10.1 Å². The van der Waals surface area contributed by atoms with Gasteiger partial charge in [-0.25, -0.2) is 9.78 Å². The van der Waals surface area contributed by atoms with Crippen molar-refractivity contribution in [2.24, 2.45) is 5.92 Å². The van der Waals surface area contributed by atoms with E-state index in [0.29, 0.717) is 23.4 Å². The fourth-order valence-electron chi connectivity index (χ4n) is 1.67. The number of thiazole rings is 1. The summed E-state index contributed by atoms with van der Waals surface area (Å²) in [4.78, 5) is 15.4. The quantitative estimate of drug-likeness (QED) is 0.846. The van der Waals surface area contributed by atoms with E-state index in [1.165, 1.54) is 0 Å². The molecule has 1 aromatic heterocycles. The number of rotatable bonds is 6. The lowest BCUT2D eigenvalue weighted by molar-refractivity contribution is 0.0701. The van der Waals surface area contributed by atoms with Crippen LogP contribution in [-0.4, -0.2) is 22.7 Å². The number of carboxylic acids is 1. The maximum atomic E-state index is 11.0. The Morgan fingerprint density at radius 2 is 2.05 bits per heavy atom. The summed E-state index contributed by atoms with van der Waals surface area (Å²) in [6, 6.07) is 7.52. The fraction of sp³-hybridized carbons (Fsp3) is 0.333. The van der Waals surface area contributed by atoms with Crippen LogP contribution in [0.2, 0.25) is 0 Å². The average molecular weight is 306 g/mol. The molecule has 0 radical (unpaired) electrons. The smallest absolute Gasteiger partial charge is 0.347 e. The monoisotopic (exact) mass is 306 g/mol. The largest absolute Gasteiger partial charge is 0.493 e. The van der Waals surface area contributed by atoms with Gasteiger partial charge in [-0.2, -0.15) is 0 Å². The Kier molecular flexibility index (Phi) is 4.80. The Labute approximate surface area is 127 Å². The minimum absolute atomic E-state index is 0.259. The van der Waals surface area contributed by atoms with Crippen molar-refractivity contribution in [2.75, 3.05) is 11.9 Å². The Morgan fingerprint density at radius 3 is 2.57 bits per heavy atom. The van der Waals surface area contributed by atoms with Crippen LogP contribution in [0.15, 0.2) is 24.3 Å². The second kappa shape index (κ2) is 6.58. The number of carbonyl (C=O) groups is 1. The van der Waals surface area contributed by atoms with Gasteiger partial charge in [0.2, 0.25) is 0 Å². The van der Waals surface area contributed by atoms with E-state index < -0.39 is 5.97 Å². The van der Waals surface area contributed by atoms with E-state index in [1.54, 1.807) is 6.92 Å². The summed E-state index contributed by atoms with van der Waals surface area (Å²) in [6.45, 7) is 6.57. The molecule has 112 valence electrons. The normalized spacial score (nSPS) is 10.7. The number of anilines is 2. The van der Waals surface area contributed by atoms with Crippen molar-refractivity contribution >= 4 is 28.1 Å². The van der Waals surface area contributed by atoms with Crippen LogP contribution in [0.3, 0.4) is 0 Å². The van der Waals surface area contributed by atoms with Crippen molar-refractivity contribution in [2.45, 2.75) is 20.8 Å². The van der Waals surface area contributed by atoms with Crippen molar-refractivity contribution < 1.29 is 14.6 Å². The molecule has 5 nitrogen and oxygen atoms in total. The van der Waals surface area contributed by atoms with Gasteiger partial charge in [-0.1, -0.05) is 25.2 Å². The van der Waals surface area contributed by atoms with Crippen LogP contribution in [-0.2, 0) is 0 Å². The van der Waals surface area contributed by atoms with Crippen LogP contribution in [0.4, 0.5) is 10.8 Å². The van der Waals surface area contributed by atoms with Crippen LogP contribution in [0.1, 0.15) is 29.2 Å². The van der Waals surface area contributed by atoms with Crippen molar-refractivity contribution in [3.63, 3.8) is 0 Å². The maximum Gasteiger partial charge on any atom is 0.347 e. The Balaban J connectivity index is 2.03. The Bertz CT molecular complexity index is 620. The minimum atomic E-state index is -0.949. The zero-order valence-electron chi connectivity index (χ0n) is 12.2. The summed E-state index contributed by atoms with van der Waals surface area (Å²) < 4.78 is 5.61. The molecule has 2 N–H and O–H groups in total. The summed E-state index contributed by atoms with van der Waals surface area (Å²) in [5, 5.41) is 12.7. The molecular weight excluding hydrogens is 288 g/mol. The van der Waals surface area contributed by atoms with Crippen molar-refractivity contribution in [1.29, 1.82) is 0 Å². The lowest BCUT2D eigenvalue weighted by atomic mass is 10.2. The predicted octanol–water partition coefficient (Wildman–Crippen LogP) is 3.93. The highest BCUT2D eigenvalue weighted by atomic mass is 32.1. The number of hydrogen-bond acceptors (Lipinski definition) is 5. The first-order valence-electron chi connectivity index (χ1n) is 6.66. The molecule has 0 saturated heterocycles. The Morgan fingerprint density at radius 1 is 1.38 bits per heavy atom. The van der Waals surface area contributed by atoms with Crippen molar-refractivity contribution in [1.82, 2.24) is 4.98 Å². The predicted molar refractivity (Wildman–Crippen MR) is 83.9 cm³/mol. The number of aryl methyl sites for hydroxylation is 1. The molecule has 0 aliphatic heterocycles. The standard InChI is InChI=1S/C15H18N2O3S/c1-9(2)8-20-12-6-4-11(5-7-12)17-15-16-10(3)13(21-15)14(18)19/h4-7,9H,8H2,1-3H3,(H,16,17)(H,18,19). The summed E-state index contributed by atoms with van der Waals surface area (Å²) in [5.74, 6) is 0.349. The summed E-state index contributed by atoms with van der Waals surface area (Å²) in [6.07, 6.45) is 0. The molecule has 2 rings (SSSR count).